The van der Waals surface area contributed by atoms with Crippen molar-refractivity contribution in [2.75, 3.05) is 0 Å². The molecule has 1 aliphatic heterocycles. The normalized spacial score (nSPS) is 25.4. The Morgan fingerprint density at radius 3 is 3.07 bits per heavy atom. The van der Waals surface area contributed by atoms with Gasteiger partial charge in [0.1, 0.15) is 11.9 Å². The van der Waals surface area contributed by atoms with Crippen molar-refractivity contribution in [3.63, 3.8) is 0 Å². The molecule has 1 unspecified atom stereocenters. The predicted octanol–water partition coefficient (Wildman–Crippen LogP) is 2.90. The fourth-order valence-electron chi connectivity index (χ4n) is 1.80. The maximum Gasteiger partial charge on any atom is 0.124 e. The molecule has 0 bridgehead atoms. The molecule has 14 heavy (non-hydrogen) atoms. The first-order valence-corrected chi connectivity index (χ1v) is 5.30. The first kappa shape index (κ1) is 9.81. The lowest BCUT2D eigenvalue weighted by Crippen LogP contribution is -2.28. The van der Waals surface area contributed by atoms with E-state index in [1.807, 2.05) is 18.2 Å². The van der Waals surface area contributed by atoms with Gasteiger partial charge in [0.05, 0.1) is 0 Å². The average Bonchev–Trinajstić information content (AvgIpc) is 2.19. The van der Waals surface area contributed by atoms with Crippen molar-refractivity contribution in [1.82, 2.24) is 0 Å². The SMILES string of the molecule is CCC1C[C@H](N)c2cc(Cl)ccc2O1. The largest absolute Gasteiger partial charge is 0.490 e. The van der Waals surface area contributed by atoms with E-state index in [9.17, 15) is 0 Å². The molecule has 0 amide bonds. The molecule has 0 aromatic heterocycles. The zero-order valence-corrected chi connectivity index (χ0v) is 8.92. The summed E-state index contributed by atoms with van der Waals surface area (Å²) in [6.07, 6.45) is 2.12. The van der Waals surface area contributed by atoms with Gasteiger partial charge in [-0.05, 0) is 24.6 Å². The second kappa shape index (κ2) is 3.79. The van der Waals surface area contributed by atoms with Crippen LogP contribution in [0.5, 0.6) is 5.75 Å². The summed E-state index contributed by atoms with van der Waals surface area (Å²) in [5.41, 5.74) is 7.07. The number of hydrogen-bond donors (Lipinski definition) is 1. The van der Waals surface area contributed by atoms with Crippen LogP contribution in [-0.2, 0) is 0 Å². The Morgan fingerprint density at radius 1 is 1.57 bits per heavy atom. The summed E-state index contributed by atoms with van der Waals surface area (Å²) in [5, 5.41) is 0.720. The zero-order valence-electron chi connectivity index (χ0n) is 8.16. The summed E-state index contributed by atoms with van der Waals surface area (Å²) in [6, 6.07) is 5.69. The topological polar surface area (TPSA) is 35.2 Å². The van der Waals surface area contributed by atoms with Gasteiger partial charge in [0, 0.05) is 23.0 Å². The Kier molecular flexibility index (Phi) is 2.66. The first-order chi connectivity index (χ1) is 6.70. The minimum absolute atomic E-state index is 0.0578. The van der Waals surface area contributed by atoms with Crippen LogP contribution in [0.3, 0.4) is 0 Å². The van der Waals surface area contributed by atoms with Gasteiger partial charge in [-0.15, -0.1) is 0 Å². The summed E-state index contributed by atoms with van der Waals surface area (Å²) in [7, 11) is 0. The van der Waals surface area contributed by atoms with Crippen LogP contribution in [0.25, 0.3) is 0 Å². The van der Waals surface area contributed by atoms with E-state index in [0.717, 1.165) is 29.2 Å². The molecule has 0 saturated heterocycles. The van der Waals surface area contributed by atoms with Crippen molar-refractivity contribution in [2.45, 2.75) is 31.9 Å². The molecule has 2 nitrogen and oxygen atoms in total. The number of hydrogen-bond acceptors (Lipinski definition) is 2. The molecule has 1 heterocycles. The third-order valence-electron chi connectivity index (χ3n) is 2.64. The number of halogens is 1. The molecule has 76 valence electrons. The third kappa shape index (κ3) is 1.72. The minimum Gasteiger partial charge on any atom is -0.490 e. The second-order valence-corrected chi connectivity index (χ2v) is 4.11. The number of nitrogens with two attached hydrogens (primary N) is 1. The van der Waals surface area contributed by atoms with Gasteiger partial charge in [0.2, 0.25) is 0 Å². The van der Waals surface area contributed by atoms with Crippen molar-refractivity contribution in [3.8, 4) is 5.75 Å². The fourth-order valence-corrected chi connectivity index (χ4v) is 1.98. The Morgan fingerprint density at radius 2 is 2.36 bits per heavy atom. The summed E-state index contributed by atoms with van der Waals surface area (Å²) in [4.78, 5) is 0. The molecule has 0 fully saturated rings. The van der Waals surface area contributed by atoms with Crippen LogP contribution in [0.1, 0.15) is 31.4 Å². The van der Waals surface area contributed by atoms with E-state index < -0.39 is 0 Å². The number of rotatable bonds is 1. The summed E-state index contributed by atoms with van der Waals surface area (Å²) in [6.45, 7) is 2.11. The number of benzene rings is 1. The van der Waals surface area contributed by atoms with Crippen LogP contribution in [-0.4, -0.2) is 6.10 Å². The summed E-state index contributed by atoms with van der Waals surface area (Å²) in [5.74, 6) is 0.889. The maximum atomic E-state index is 6.04. The quantitative estimate of drug-likeness (QED) is 0.775. The number of ether oxygens (including phenoxy) is 1. The van der Waals surface area contributed by atoms with Crippen molar-refractivity contribution < 1.29 is 4.74 Å². The maximum absolute atomic E-state index is 6.04. The minimum atomic E-state index is 0.0578. The highest BCUT2D eigenvalue weighted by atomic mass is 35.5. The van der Waals surface area contributed by atoms with E-state index in [2.05, 4.69) is 6.92 Å². The second-order valence-electron chi connectivity index (χ2n) is 3.67. The summed E-state index contributed by atoms with van der Waals surface area (Å²) >= 11 is 5.90. The van der Waals surface area contributed by atoms with Crippen LogP contribution in [0.4, 0.5) is 0 Å². The van der Waals surface area contributed by atoms with Crippen molar-refractivity contribution in [1.29, 1.82) is 0 Å². The molecule has 0 saturated carbocycles. The predicted molar refractivity (Wildman–Crippen MR) is 57.7 cm³/mol. The lowest BCUT2D eigenvalue weighted by molar-refractivity contribution is 0.155. The van der Waals surface area contributed by atoms with E-state index >= 15 is 0 Å². The number of fused-ring (bicyclic) bond motifs is 1. The van der Waals surface area contributed by atoms with E-state index in [4.69, 9.17) is 22.1 Å². The van der Waals surface area contributed by atoms with Crippen molar-refractivity contribution in [3.05, 3.63) is 28.8 Å². The molecule has 2 N–H and O–H groups in total. The van der Waals surface area contributed by atoms with E-state index in [-0.39, 0.29) is 12.1 Å². The molecule has 0 radical (unpaired) electrons. The first-order valence-electron chi connectivity index (χ1n) is 4.92. The zero-order chi connectivity index (χ0) is 10.1. The monoisotopic (exact) mass is 211 g/mol. The molecule has 3 heteroatoms. The Hall–Kier alpha value is -0.730. The molecule has 0 aliphatic carbocycles. The molecular weight excluding hydrogens is 198 g/mol. The van der Waals surface area contributed by atoms with Gasteiger partial charge >= 0.3 is 0 Å². The Bertz CT molecular complexity index is 340. The highest BCUT2D eigenvalue weighted by Gasteiger charge is 2.24. The molecule has 1 aliphatic rings. The van der Waals surface area contributed by atoms with Crippen molar-refractivity contribution in [2.24, 2.45) is 5.73 Å². The molecule has 0 spiro atoms. The van der Waals surface area contributed by atoms with Crippen LogP contribution in [0.15, 0.2) is 18.2 Å². The lowest BCUT2D eigenvalue weighted by Gasteiger charge is -2.29. The van der Waals surface area contributed by atoms with Gasteiger partial charge in [-0.1, -0.05) is 18.5 Å². The fraction of sp³-hybridized carbons (Fsp3) is 0.455. The lowest BCUT2D eigenvalue weighted by atomic mass is 9.96. The van der Waals surface area contributed by atoms with Gasteiger partial charge in [0.15, 0.2) is 0 Å². The van der Waals surface area contributed by atoms with Gasteiger partial charge in [-0.3, -0.25) is 0 Å². The highest BCUT2D eigenvalue weighted by Crippen LogP contribution is 2.35. The van der Waals surface area contributed by atoms with Crippen LogP contribution >= 0.6 is 11.6 Å². The molecule has 2 atom stereocenters. The van der Waals surface area contributed by atoms with Crippen LogP contribution in [0.2, 0.25) is 5.02 Å². The van der Waals surface area contributed by atoms with Gasteiger partial charge < -0.3 is 10.5 Å². The van der Waals surface area contributed by atoms with Gasteiger partial charge in [0.25, 0.3) is 0 Å². The Labute approximate surface area is 89.0 Å². The standard InChI is InChI=1S/C11H14ClNO/c1-2-8-6-10(13)9-5-7(12)3-4-11(9)14-8/h3-5,8,10H,2,6,13H2,1H3/t8?,10-/m0/s1. The molecule has 1 aromatic rings. The van der Waals surface area contributed by atoms with Crippen LogP contribution < -0.4 is 10.5 Å². The molecule has 1 aromatic carbocycles. The molecular formula is C11H14ClNO. The average molecular weight is 212 g/mol. The van der Waals surface area contributed by atoms with E-state index in [1.165, 1.54) is 0 Å². The molecule has 2 rings (SSSR count). The van der Waals surface area contributed by atoms with Gasteiger partial charge in [-0.25, -0.2) is 0 Å². The van der Waals surface area contributed by atoms with E-state index in [1.54, 1.807) is 0 Å². The summed E-state index contributed by atoms with van der Waals surface area (Å²) < 4.78 is 5.77. The van der Waals surface area contributed by atoms with Crippen LogP contribution in [0, 0.1) is 0 Å². The van der Waals surface area contributed by atoms with Crippen molar-refractivity contribution >= 4 is 11.6 Å². The highest BCUT2D eigenvalue weighted by molar-refractivity contribution is 6.30. The Balaban J connectivity index is 2.35. The van der Waals surface area contributed by atoms with E-state index in [0.29, 0.717) is 0 Å². The van der Waals surface area contributed by atoms with Gasteiger partial charge in [-0.2, -0.15) is 0 Å². The third-order valence-corrected chi connectivity index (χ3v) is 2.87. The smallest absolute Gasteiger partial charge is 0.124 e.